The van der Waals surface area contributed by atoms with Gasteiger partial charge in [-0.05, 0) is 36.5 Å². The van der Waals surface area contributed by atoms with Crippen LogP contribution in [-0.4, -0.2) is 31.5 Å². The molecule has 1 saturated carbocycles. The largest absolute Gasteiger partial charge is 0.493 e. The minimum atomic E-state index is 0.0695. The van der Waals surface area contributed by atoms with E-state index in [0.717, 1.165) is 17.3 Å². The fourth-order valence-electron chi connectivity index (χ4n) is 2.85. The van der Waals surface area contributed by atoms with Gasteiger partial charge in [0.15, 0.2) is 11.5 Å². The van der Waals surface area contributed by atoms with E-state index in [1.165, 1.54) is 12.8 Å². The van der Waals surface area contributed by atoms with Gasteiger partial charge in [-0.25, -0.2) is 0 Å². The molecule has 2 rings (SSSR count). The number of amides is 1. The standard InChI is InChI=1S/C16H22BrNO3/c1-20-14-7-6-11(8-15(14)21-2)9-16(19)18-13-5-3-4-12(13)10-17/h6-8,12-13H,3-5,9-10H2,1-2H3,(H,18,19). The Morgan fingerprint density at radius 2 is 2.05 bits per heavy atom. The van der Waals surface area contributed by atoms with Crippen molar-refractivity contribution >= 4 is 21.8 Å². The number of ether oxygens (including phenoxy) is 2. The number of methoxy groups -OCH3 is 2. The van der Waals surface area contributed by atoms with Crippen LogP contribution in [0.1, 0.15) is 24.8 Å². The van der Waals surface area contributed by atoms with Crippen molar-refractivity contribution in [2.24, 2.45) is 5.92 Å². The zero-order valence-electron chi connectivity index (χ0n) is 12.5. The van der Waals surface area contributed by atoms with E-state index in [1.54, 1.807) is 14.2 Å². The molecule has 0 heterocycles. The van der Waals surface area contributed by atoms with E-state index in [1.807, 2.05) is 18.2 Å². The maximum atomic E-state index is 12.2. The second-order valence-electron chi connectivity index (χ2n) is 5.39. The molecule has 0 spiro atoms. The van der Waals surface area contributed by atoms with Crippen LogP contribution < -0.4 is 14.8 Å². The highest BCUT2D eigenvalue weighted by molar-refractivity contribution is 9.09. The van der Waals surface area contributed by atoms with Crippen molar-refractivity contribution in [2.75, 3.05) is 19.5 Å². The Bertz CT molecular complexity index is 492. The van der Waals surface area contributed by atoms with E-state index in [4.69, 9.17) is 9.47 Å². The van der Waals surface area contributed by atoms with Gasteiger partial charge in [-0.15, -0.1) is 0 Å². The molecule has 21 heavy (non-hydrogen) atoms. The Morgan fingerprint density at radius 3 is 2.71 bits per heavy atom. The van der Waals surface area contributed by atoms with Gasteiger partial charge in [-0.3, -0.25) is 4.79 Å². The number of hydrogen-bond donors (Lipinski definition) is 1. The third-order valence-corrected chi connectivity index (χ3v) is 4.85. The molecule has 1 N–H and O–H groups in total. The van der Waals surface area contributed by atoms with Crippen molar-refractivity contribution in [3.05, 3.63) is 23.8 Å². The maximum Gasteiger partial charge on any atom is 0.224 e. The van der Waals surface area contributed by atoms with E-state index in [0.29, 0.717) is 29.9 Å². The smallest absolute Gasteiger partial charge is 0.224 e. The van der Waals surface area contributed by atoms with Crippen molar-refractivity contribution in [3.63, 3.8) is 0 Å². The van der Waals surface area contributed by atoms with Crippen LogP contribution in [0.15, 0.2) is 18.2 Å². The molecule has 1 aromatic carbocycles. The monoisotopic (exact) mass is 355 g/mol. The first-order chi connectivity index (χ1) is 10.2. The lowest BCUT2D eigenvalue weighted by atomic mass is 10.1. The molecule has 1 aromatic rings. The van der Waals surface area contributed by atoms with Gasteiger partial charge in [-0.2, -0.15) is 0 Å². The van der Waals surface area contributed by atoms with Gasteiger partial charge in [0, 0.05) is 11.4 Å². The topological polar surface area (TPSA) is 47.6 Å². The number of hydrogen-bond acceptors (Lipinski definition) is 3. The van der Waals surface area contributed by atoms with E-state index in [2.05, 4.69) is 21.2 Å². The Balaban J connectivity index is 1.96. The van der Waals surface area contributed by atoms with Gasteiger partial charge in [0.2, 0.25) is 5.91 Å². The summed E-state index contributed by atoms with van der Waals surface area (Å²) in [7, 11) is 3.20. The van der Waals surface area contributed by atoms with Crippen LogP contribution in [0.2, 0.25) is 0 Å². The highest BCUT2D eigenvalue weighted by Gasteiger charge is 2.27. The third kappa shape index (κ3) is 4.13. The minimum absolute atomic E-state index is 0.0695. The summed E-state index contributed by atoms with van der Waals surface area (Å²) in [6.07, 6.45) is 3.82. The summed E-state index contributed by atoms with van der Waals surface area (Å²) in [5.41, 5.74) is 0.929. The van der Waals surface area contributed by atoms with E-state index >= 15 is 0 Å². The van der Waals surface area contributed by atoms with Crippen molar-refractivity contribution in [1.29, 1.82) is 0 Å². The van der Waals surface area contributed by atoms with Gasteiger partial charge in [0.25, 0.3) is 0 Å². The first-order valence-electron chi connectivity index (χ1n) is 7.24. The van der Waals surface area contributed by atoms with Gasteiger partial charge in [0.05, 0.1) is 20.6 Å². The molecule has 1 amide bonds. The van der Waals surface area contributed by atoms with Gasteiger partial charge in [-0.1, -0.05) is 28.4 Å². The van der Waals surface area contributed by atoms with Crippen LogP contribution in [0.25, 0.3) is 0 Å². The lowest BCUT2D eigenvalue weighted by Gasteiger charge is -2.19. The van der Waals surface area contributed by atoms with Crippen LogP contribution >= 0.6 is 15.9 Å². The number of carbonyl (C=O) groups excluding carboxylic acids is 1. The van der Waals surface area contributed by atoms with Crippen LogP contribution in [-0.2, 0) is 11.2 Å². The van der Waals surface area contributed by atoms with Crippen LogP contribution in [0.5, 0.6) is 11.5 Å². The summed E-state index contributed by atoms with van der Waals surface area (Å²) in [6, 6.07) is 5.89. The highest BCUT2D eigenvalue weighted by atomic mass is 79.9. The predicted molar refractivity (Wildman–Crippen MR) is 86.3 cm³/mol. The molecule has 1 aliphatic carbocycles. The Labute approximate surface area is 134 Å². The Hall–Kier alpha value is -1.23. The minimum Gasteiger partial charge on any atom is -0.493 e. The fourth-order valence-corrected chi connectivity index (χ4v) is 3.62. The van der Waals surface area contributed by atoms with E-state index in [9.17, 15) is 4.79 Å². The first kappa shape index (κ1) is 16.1. The molecule has 4 nitrogen and oxygen atoms in total. The fraction of sp³-hybridized carbons (Fsp3) is 0.562. The summed E-state index contributed by atoms with van der Waals surface area (Å²) >= 11 is 3.53. The number of benzene rings is 1. The molecule has 0 aliphatic heterocycles. The lowest BCUT2D eigenvalue weighted by Crippen LogP contribution is -2.38. The molecule has 116 valence electrons. The van der Waals surface area contributed by atoms with Crippen LogP contribution in [0.3, 0.4) is 0 Å². The van der Waals surface area contributed by atoms with Gasteiger partial charge >= 0.3 is 0 Å². The average Bonchev–Trinajstić information content (AvgIpc) is 2.94. The van der Waals surface area contributed by atoms with Crippen molar-refractivity contribution < 1.29 is 14.3 Å². The molecule has 1 aliphatic rings. The molecule has 2 unspecified atom stereocenters. The summed E-state index contributed by atoms with van der Waals surface area (Å²) < 4.78 is 10.5. The highest BCUT2D eigenvalue weighted by Crippen LogP contribution is 2.29. The summed E-state index contributed by atoms with van der Waals surface area (Å²) in [5.74, 6) is 1.96. The zero-order valence-corrected chi connectivity index (χ0v) is 14.1. The van der Waals surface area contributed by atoms with Gasteiger partial charge < -0.3 is 14.8 Å². The lowest BCUT2D eigenvalue weighted by molar-refractivity contribution is -0.121. The first-order valence-corrected chi connectivity index (χ1v) is 8.36. The second kappa shape index (κ2) is 7.69. The number of nitrogens with one attached hydrogen (secondary N) is 1. The Kier molecular flexibility index (Phi) is 5.91. The molecular formula is C16H22BrNO3. The number of rotatable bonds is 6. The molecule has 2 atom stereocenters. The number of halogens is 1. The molecular weight excluding hydrogens is 334 g/mol. The second-order valence-corrected chi connectivity index (χ2v) is 6.03. The Morgan fingerprint density at radius 1 is 1.29 bits per heavy atom. The van der Waals surface area contributed by atoms with E-state index in [-0.39, 0.29) is 5.91 Å². The zero-order chi connectivity index (χ0) is 15.2. The molecule has 0 saturated heterocycles. The van der Waals surface area contributed by atoms with Crippen LogP contribution in [0.4, 0.5) is 0 Å². The summed E-state index contributed by atoms with van der Waals surface area (Å²) in [5, 5.41) is 4.11. The predicted octanol–water partition coefficient (Wildman–Crippen LogP) is 2.93. The molecule has 0 radical (unpaired) electrons. The van der Waals surface area contributed by atoms with E-state index < -0.39 is 0 Å². The maximum absolute atomic E-state index is 12.2. The molecule has 0 aromatic heterocycles. The van der Waals surface area contributed by atoms with Gasteiger partial charge in [0.1, 0.15) is 0 Å². The summed E-state index contributed by atoms with van der Waals surface area (Å²) in [6.45, 7) is 0. The molecule has 5 heteroatoms. The normalized spacial score (nSPS) is 21.1. The van der Waals surface area contributed by atoms with Crippen molar-refractivity contribution in [2.45, 2.75) is 31.7 Å². The molecule has 1 fully saturated rings. The third-order valence-electron chi connectivity index (χ3n) is 4.02. The SMILES string of the molecule is COc1ccc(CC(=O)NC2CCCC2CBr)cc1OC. The van der Waals surface area contributed by atoms with Crippen LogP contribution in [0, 0.1) is 5.92 Å². The number of carbonyl (C=O) groups is 1. The van der Waals surface area contributed by atoms with Crippen molar-refractivity contribution in [1.82, 2.24) is 5.32 Å². The quantitative estimate of drug-likeness (QED) is 0.798. The summed E-state index contributed by atoms with van der Waals surface area (Å²) in [4.78, 5) is 12.2. The van der Waals surface area contributed by atoms with Crippen molar-refractivity contribution in [3.8, 4) is 11.5 Å². The number of alkyl halides is 1. The molecule has 0 bridgehead atoms. The average molecular weight is 356 g/mol.